The fourth-order valence-corrected chi connectivity index (χ4v) is 3.06. The Morgan fingerprint density at radius 2 is 1.94 bits per heavy atom. The van der Waals surface area contributed by atoms with Gasteiger partial charge in [0.2, 0.25) is 0 Å². The van der Waals surface area contributed by atoms with Crippen LogP contribution in [-0.4, -0.2) is 19.3 Å². The summed E-state index contributed by atoms with van der Waals surface area (Å²) in [6.45, 7) is 6.36. The standard InChI is InChI=1S/C14H20O3/c1-8-6-10(16-4)13(17-5)11-9(15)7-14(2,3)12(8)11/h6,9,15H,7H2,1-5H3/t9-/m1/s1. The number of rotatable bonds is 2. The van der Waals surface area contributed by atoms with Crippen LogP contribution in [0.1, 0.15) is 43.1 Å². The van der Waals surface area contributed by atoms with E-state index in [1.807, 2.05) is 6.07 Å². The Balaban J connectivity index is 2.76. The highest BCUT2D eigenvalue weighted by atomic mass is 16.5. The molecule has 0 amide bonds. The first-order valence-corrected chi connectivity index (χ1v) is 5.86. The first kappa shape index (κ1) is 12.2. The highest BCUT2D eigenvalue weighted by molar-refractivity contribution is 5.59. The number of aliphatic hydroxyl groups is 1. The predicted molar refractivity (Wildman–Crippen MR) is 66.9 cm³/mol. The monoisotopic (exact) mass is 236 g/mol. The second-order valence-corrected chi connectivity index (χ2v) is 5.32. The van der Waals surface area contributed by atoms with Gasteiger partial charge in [0.25, 0.3) is 0 Å². The highest BCUT2D eigenvalue weighted by Gasteiger charge is 2.40. The first-order valence-electron chi connectivity index (χ1n) is 5.86. The zero-order valence-electron chi connectivity index (χ0n) is 11.1. The minimum absolute atomic E-state index is 0.0155. The summed E-state index contributed by atoms with van der Waals surface area (Å²) < 4.78 is 10.7. The molecule has 1 atom stereocenters. The fraction of sp³-hybridized carbons (Fsp3) is 0.571. The summed E-state index contributed by atoms with van der Waals surface area (Å²) in [4.78, 5) is 0. The Morgan fingerprint density at radius 1 is 1.29 bits per heavy atom. The van der Waals surface area contributed by atoms with Gasteiger partial charge in [-0.05, 0) is 36.0 Å². The molecule has 0 aromatic heterocycles. The lowest BCUT2D eigenvalue weighted by atomic mass is 9.83. The third-order valence-electron chi connectivity index (χ3n) is 3.62. The largest absolute Gasteiger partial charge is 0.493 e. The van der Waals surface area contributed by atoms with E-state index in [1.165, 1.54) is 5.56 Å². The highest BCUT2D eigenvalue weighted by Crippen LogP contribution is 2.52. The van der Waals surface area contributed by atoms with Gasteiger partial charge in [0.15, 0.2) is 11.5 Å². The van der Waals surface area contributed by atoms with Crippen molar-refractivity contribution < 1.29 is 14.6 Å². The number of hydrogen-bond acceptors (Lipinski definition) is 3. The van der Waals surface area contributed by atoms with Gasteiger partial charge in [-0.15, -0.1) is 0 Å². The van der Waals surface area contributed by atoms with Crippen molar-refractivity contribution in [3.05, 3.63) is 22.8 Å². The van der Waals surface area contributed by atoms with Gasteiger partial charge in [0.05, 0.1) is 20.3 Å². The van der Waals surface area contributed by atoms with Gasteiger partial charge in [0, 0.05) is 5.56 Å². The molecule has 1 aliphatic rings. The number of aryl methyl sites for hydroxylation is 1. The van der Waals surface area contributed by atoms with E-state index in [4.69, 9.17) is 9.47 Å². The van der Waals surface area contributed by atoms with Crippen LogP contribution in [0, 0.1) is 6.92 Å². The van der Waals surface area contributed by atoms with Crippen molar-refractivity contribution in [1.82, 2.24) is 0 Å². The molecule has 0 bridgehead atoms. The van der Waals surface area contributed by atoms with Gasteiger partial charge >= 0.3 is 0 Å². The molecule has 0 saturated heterocycles. The molecule has 0 spiro atoms. The molecular weight excluding hydrogens is 216 g/mol. The maximum atomic E-state index is 10.2. The van der Waals surface area contributed by atoms with Crippen LogP contribution in [0.4, 0.5) is 0 Å². The normalized spacial score (nSPS) is 21.2. The van der Waals surface area contributed by atoms with Crippen LogP contribution in [0.5, 0.6) is 11.5 Å². The first-order chi connectivity index (χ1) is 7.92. The second kappa shape index (κ2) is 3.91. The zero-order valence-corrected chi connectivity index (χ0v) is 11.1. The lowest BCUT2D eigenvalue weighted by Gasteiger charge is -2.22. The predicted octanol–water partition coefficient (Wildman–Crippen LogP) is 2.73. The third kappa shape index (κ3) is 1.69. The van der Waals surface area contributed by atoms with Gasteiger partial charge in [-0.3, -0.25) is 0 Å². The molecule has 1 aliphatic carbocycles. The Hall–Kier alpha value is -1.22. The summed E-state index contributed by atoms with van der Waals surface area (Å²) in [5.41, 5.74) is 3.23. The molecule has 94 valence electrons. The fourth-order valence-electron chi connectivity index (χ4n) is 3.06. The van der Waals surface area contributed by atoms with Gasteiger partial charge in [0.1, 0.15) is 0 Å². The molecule has 0 saturated carbocycles. The molecule has 0 aliphatic heterocycles. The average Bonchev–Trinajstić information content (AvgIpc) is 2.49. The number of fused-ring (bicyclic) bond motifs is 1. The van der Waals surface area contributed by atoms with Crippen molar-refractivity contribution in [3.8, 4) is 11.5 Å². The number of methoxy groups -OCH3 is 2. The van der Waals surface area contributed by atoms with Gasteiger partial charge in [-0.1, -0.05) is 13.8 Å². The average molecular weight is 236 g/mol. The molecule has 0 heterocycles. The Bertz CT molecular complexity index is 449. The van der Waals surface area contributed by atoms with Crippen LogP contribution >= 0.6 is 0 Å². The van der Waals surface area contributed by atoms with Gasteiger partial charge < -0.3 is 14.6 Å². The summed E-state index contributed by atoms with van der Waals surface area (Å²) >= 11 is 0. The van der Waals surface area contributed by atoms with Crippen molar-refractivity contribution in [3.63, 3.8) is 0 Å². The molecule has 2 rings (SSSR count). The van der Waals surface area contributed by atoms with Crippen molar-refractivity contribution in [2.75, 3.05) is 14.2 Å². The van der Waals surface area contributed by atoms with Crippen LogP contribution in [0.15, 0.2) is 6.07 Å². The molecular formula is C14H20O3. The Morgan fingerprint density at radius 3 is 2.47 bits per heavy atom. The zero-order chi connectivity index (χ0) is 12.8. The molecule has 0 unspecified atom stereocenters. The van der Waals surface area contributed by atoms with E-state index in [1.54, 1.807) is 14.2 Å². The summed E-state index contributed by atoms with van der Waals surface area (Å²) in [5, 5.41) is 10.2. The van der Waals surface area contributed by atoms with Crippen LogP contribution in [-0.2, 0) is 5.41 Å². The number of ether oxygens (including phenoxy) is 2. The van der Waals surface area contributed by atoms with E-state index in [-0.39, 0.29) is 5.41 Å². The molecule has 3 nitrogen and oxygen atoms in total. The summed E-state index contributed by atoms with van der Waals surface area (Å²) in [6, 6.07) is 1.98. The van der Waals surface area contributed by atoms with Crippen molar-refractivity contribution >= 4 is 0 Å². The van der Waals surface area contributed by atoms with Crippen LogP contribution in [0.25, 0.3) is 0 Å². The van der Waals surface area contributed by atoms with Crippen molar-refractivity contribution in [1.29, 1.82) is 0 Å². The number of hydrogen-bond donors (Lipinski definition) is 1. The second-order valence-electron chi connectivity index (χ2n) is 5.32. The number of benzene rings is 1. The molecule has 0 fully saturated rings. The minimum Gasteiger partial charge on any atom is -0.493 e. The molecule has 17 heavy (non-hydrogen) atoms. The van der Waals surface area contributed by atoms with Crippen LogP contribution in [0.2, 0.25) is 0 Å². The maximum absolute atomic E-state index is 10.2. The molecule has 1 aromatic rings. The summed E-state index contributed by atoms with van der Waals surface area (Å²) in [7, 11) is 3.24. The lowest BCUT2D eigenvalue weighted by molar-refractivity contribution is 0.158. The number of aliphatic hydroxyl groups excluding tert-OH is 1. The summed E-state index contributed by atoms with van der Waals surface area (Å²) in [6.07, 6.45) is 0.260. The van der Waals surface area contributed by atoms with Crippen LogP contribution in [0.3, 0.4) is 0 Å². The van der Waals surface area contributed by atoms with E-state index in [2.05, 4.69) is 20.8 Å². The van der Waals surface area contributed by atoms with Gasteiger partial charge in [-0.25, -0.2) is 0 Å². The smallest absolute Gasteiger partial charge is 0.166 e. The molecule has 1 aromatic carbocycles. The van der Waals surface area contributed by atoms with E-state index < -0.39 is 6.10 Å². The van der Waals surface area contributed by atoms with E-state index in [0.717, 1.165) is 17.5 Å². The van der Waals surface area contributed by atoms with E-state index in [9.17, 15) is 5.11 Å². The Kier molecular flexibility index (Phi) is 2.82. The maximum Gasteiger partial charge on any atom is 0.166 e. The van der Waals surface area contributed by atoms with E-state index >= 15 is 0 Å². The quantitative estimate of drug-likeness (QED) is 0.858. The summed E-state index contributed by atoms with van der Waals surface area (Å²) in [5.74, 6) is 1.37. The van der Waals surface area contributed by atoms with Crippen LogP contribution < -0.4 is 9.47 Å². The topological polar surface area (TPSA) is 38.7 Å². The minimum atomic E-state index is -0.469. The van der Waals surface area contributed by atoms with Gasteiger partial charge in [-0.2, -0.15) is 0 Å². The molecule has 3 heteroatoms. The van der Waals surface area contributed by atoms with E-state index in [0.29, 0.717) is 11.5 Å². The Labute approximate surface area is 102 Å². The molecule has 1 N–H and O–H groups in total. The van der Waals surface area contributed by atoms with Crippen molar-refractivity contribution in [2.45, 2.75) is 38.7 Å². The SMILES string of the molecule is COc1cc(C)c2c(c1OC)[C@H](O)CC2(C)C. The van der Waals surface area contributed by atoms with Crippen molar-refractivity contribution in [2.24, 2.45) is 0 Å². The molecule has 0 radical (unpaired) electrons. The lowest BCUT2D eigenvalue weighted by Crippen LogP contribution is -2.14. The third-order valence-corrected chi connectivity index (χ3v) is 3.62.